The van der Waals surface area contributed by atoms with Crippen LogP contribution in [0.2, 0.25) is 10.0 Å². The number of furan rings is 1. The lowest BCUT2D eigenvalue weighted by Crippen LogP contribution is -2.19. The first kappa shape index (κ1) is 21.0. The van der Waals surface area contributed by atoms with Gasteiger partial charge in [-0.2, -0.15) is 0 Å². The molecule has 1 fully saturated rings. The summed E-state index contributed by atoms with van der Waals surface area (Å²) in [5, 5.41) is 24.6. The van der Waals surface area contributed by atoms with Gasteiger partial charge < -0.3 is 14.8 Å². The molecule has 11 heteroatoms. The number of amidine groups is 1. The van der Waals surface area contributed by atoms with Crippen molar-refractivity contribution in [1.29, 1.82) is 0 Å². The Kier molecular flexibility index (Phi) is 5.73. The number of phenolic OH excluding ortho intramolecular Hbond substituents is 1. The van der Waals surface area contributed by atoms with Gasteiger partial charge >= 0.3 is 0 Å². The number of aliphatic imine (C=N–C) groups is 1. The predicted octanol–water partition coefficient (Wildman–Crippen LogP) is 5.76. The van der Waals surface area contributed by atoms with E-state index in [4.69, 9.17) is 27.6 Å². The molecule has 0 spiro atoms. The molecule has 156 valence electrons. The Morgan fingerprint density at radius 2 is 2.00 bits per heavy atom. The fourth-order valence-electron chi connectivity index (χ4n) is 2.71. The van der Waals surface area contributed by atoms with E-state index >= 15 is 0 Å². The number of carbonyl (C=O) groups excluding carboxylic acids is 1. The fourth-order valence-corrected chi connectivity index (χ4v) is 3.86. The molecule has 2 N–H and O–H groups in total. The third-order valence-electron chi connectivity index (χ3n) is 4.16. The maximum absolute atomic E-state index is 12.3. The molecule has 0 bridgehead atoms. The Morgan fingerprint density at radius 1 is 1.19 bits per heavy atom. The predicted molar refractivity (Wildman–Crippen MR) is 120 cm³/mol. The quantitative estimate of drug-likeness (QED) is 0.281. The molecule has 0 aliphatic carbocycles. The Bertz CT molecular complexity index is 1290. The van der Waals surface area contributed by atoms with Gasteiger partial charge in [0.05, 0.1) is 31.1 Å². The number of halogens is 2. The SMILES string of the molecule is O=C1NC(=Nc2cccc(Cl)c2Cl)S/C1=C\c1ccc(-c2cc([N+](=O)[O-])ccc2O)o1. The molecule has 1 saturated heterocycles. The first-order valence-electron chi connectivity index (χ1n) is 8.63. The second kappa shape index (κ2) is 8.46. The summed E-state index contributed by atoms with van der Waals surface area (Å²) in [5.74, 6) is -0.00495. The van der Waals surface area contributed by atoms with Crippen LogP contribution in [0.1, 0.15) is 5.76 Å². The van der Waals surface area contributed by atoms with Gasteiger partial charge in [0.1, 0.15) is 17.3 Å². The van der Waals surface area contributed by atoms with Gasteiger partial charge in [-0.1, -0.05) is 29.3 Å². The number of benzene rings is 2. The summed E-state index contributed by atoms with van der Waals surface area (Å²) >= 11 is 13.2. The molecular weight excluding hydrogens is 465 g/mol. The van der Waals surface area contributed by atoms with Crippen LogP contribution in [-0.2, 0) is 4.79 Å². The zero-order chi connectivity index (χ0) is 22.1. The molecule has 1 amide bonds. The van der Waals surface area contributed by atoms with Crippen molar-refractivity contribution in [2.45, 2.75) is 0 Å². The van der Waals surface area contributed by atoms with E-state index in [-0.39, 0.29) is 33.7 Å². The summed E-state index contributed by atoms with van der Waals surface area (Å²) in [7, 11) is 0. The van der Waals surface area contributed by atoms with Crippen LogP contribution in [0.5, 0.6) is 5.75 Å². The van der Waals surface area contributed by atoms with E-state index in [2.05, 4.69) is 10.3 Å². The fraction of sp³-hybridized carbons (Fsp3) is 0. The molecule has 1 aliphatic rings. The number of nitrogens with one attached hydrogen (secondary N) is 1. The number of aromatic hydroxyl groups is 1. The highest BCUT2D eigenvalue weighted by atomic mass is 35.5. The molecule has 0 saturated carbocycles. The molecule has 2 heterocycles. The number of hydrogen-bond donors (Lipinski definition) is 2. The number of carbonyl (C=O) groups is 1. The lowest BCUT2D eigenvalue weighted by atomic mass is 10.1. The van der Waals surface area contributed by atoms with Gasteiger partial charge in [0.25, 0.3) is 11.6 Å². The Hall–Kier alpha value is -3.27. The van der Waals surface area contributed by atoms with Crippen molar-refractivity contribution in [3.05, 3.63) is 79.4 Å². The van der Waals surface area contributed by atoms with Crippen LogP contribution in [0.25, 0.3) is 17.4 Å². The highest BCUT2D eigenvalue weighted by Crippen LogP contribution is 2.36. The van der Waals surface area contributed by atoms with Gasteiger partial charge in [-0.25, -0.2) is 4.99 Å². The lowest BCUT2D eigenvalue weighted by Gasteiger charge is -2.01. The molecule has 2 aromatic carbocycles. The van der Waals surface area contributed by atoms with Crippen molar-refractivity contribution in [3.63, 3.8) is 0 Å². The van der Waals surface area contributed by atoms with Crippen molar-refractivity contribution in [2.75, 3.05) is 0 Å². The van der Waals surface area contributed by atoms with Gasteiger partial charge in [-0.15, -0.1) is 0 Å². The van der Waals surface area contributed by atoms with E-state index in [0.29, 0.717) is 26.5 Å². The lowest BCUT2D eigenvalue weighted by molar-refractivity contribution is -0.384. The number of nitrogens with zero attached hydrogens (tertiary/aromatic N) is 2. The third kappa shape index (κ3) is 4.43. The van der Waals surface area contributed by atoms with E-state index in [9.17, 15) is 20.0 Å². The third-order valence-corrected chi connectivity index (χ3v) is 5.88. The maximum Gasteiger partial charge on any atom is 0.270 e. The zero-order valence-electron chi connectivity index (χ0n) is 15.3. The van der Waals surface area contributed by atoms with Crippen LogP contribution in [0.4, 0.5) is 11.4 Å². The average molecular weight is 476 g/mol. The number of rotatable bonds is 4. The Balaban J connectivity index is 1.59. The average Bonchev–Trinajstić information content (AvgIpc) is 3.32. The second-order valence-corrected chi connectivity index (χ2v) is 8.03. The number of nitro groups is 1. The summed E-state index contributed by atoms with van der Waals surface area (Å²) in [6.07, 6.45) is 1.50. The van der Waals surface area contributed by atoms with Crippen LogP contribution < -0.4 is 5.32 Å². The molecule has 0 radical (unpaired) electrons. The molecular formula is C20H11Cl2N3O5S. The number of non-ortho nitro benzene ring substituents is 1. The van der Waals surface area contributed by atoms with Gasteiger partial charge in [-0.05, 0) is 42.1 Å². The van der Waals surface area contributed by atoms with Crippen molar-refractivity contribution >= 4 is 63.5 Å². The van der Waals surface area contributed by atoms with Crippen molar-refractivity contribution in [2.24, 2.45) is 4.99 Å². The monoisotopic (exact) mass is 475 g/mol. The van der Waals surface area contributed by atoms with E-state index in [1.807, 2.05) is 0 Å². The number of nitro benzene ring substituents is 1. The van der Waals surface area contributed by atoms with Gasteiger partial charge in [0.2, 0.25) is 0 Å². The van der Waals surface area contributed by atoms with Crippen molar-refractivity contribution in [1.82, 2.24) is 5.32 Å². The van der Waals surface area contributed by atoms with Crippen LogP contribution in [0.3, 0.4) is 0 Å². The molecule has 8 nitrogen and oxygen atoms in total. The van der Waals surface area contributed by atoms with Crippen LogP contribution in [-0.4, -0.2) is 21.1 Å². The molecule has 31 heavy (non-hydrogen) atoms. The van der Waals surface area contributed by atoms with Crippen LogP contribution in [0, 0.1) is 10.1 Å². The molecule has 3 aromatic rings. The zero-order valence-corrected chi connectivity index (χ0v) is 17.7. The maximum atomic E-state index is 12.3. The molecule has 0 atom stereocenters. The van der Waals surface area contributed by atoms with Crippen molar-refractivity contribution < 1.29 is 19.2 Å². The topological polar surface area (TPSA) is 118 Å². The van der Waals surface area contributed by atoms with Crippen LogP contribution >= 0.6 is 35.0 Å². The van der Waals surface area contributed by atoms with E-state index in [1.165, 1.54) is 24.3 Å². The highest BCUT2D eigenvalue weighted by molar-refractivity contribution is 8.18. The summed E-state index contributed by atoms with van der Waals surface area (Å²) in [5.41, 5.74) is 0.398. The number of hydrogen-bond acceptors (Lipinski definition) is 7. The normalized spacial score (nSPS) is 16.1. The Morgan fingerprint density at radius 3 is 2.77 bits per heavy atom. The molecule has 4 rings (SSSR count). The number of phenols is 1. The minimum atomic E-state index is -0.568. The van der Waals surface area contributed by atoms with E-state index in [0.717, 1.165) is 11.8 Å². The van der Waals surface area contributed by atoms with Gasteiger partial charge in [-0.3, -0.25) is 14.9 Å². The summed E-state index contributed by atoms with van der Waals surface area (Å²) < 4.78 is 5.65. The summed E-state index contributed by atoms with van der Waals surface area (Å²) in [6.45, 7) is 0. The second-order valence-electron chi connectivity index (χ2n) is 6.22. The first-order valence-corrected chi connectivity index (χ1v) is 10.2. The largest absolute Gasteiger partial charge is 0.507 e. The number of amides is 1. The van der Waals surface area contributed by atoms with Crippen molar-refractivity contribution in [3.8, 4) is 17.1 Å². The van der Waals surface area contributed by atoms with Gasteiger partial charge in [0, 0.05) is 18.2 Å². The smallest absolute Gasteiger partial charge is 0.270 e. The summed E-state index contributed by atoms with van der Waals surface area (Å²) in [4.78, 5) is 27.3. The minimum absolute atomic E-state index is 0.167. The molecule has 1 aromatic heterocycles. The van der Waals surface area contributed by atoms with E-state index in [1.54, 1.807) is 30.3 Å². The molecule has 1 aliphatic heterocycles. The number of thioether (sulfide) groups is 1. The van der Waals surface area contributed by atoms with E-state index < -0.39 is 4.92 Å². The standard InChI is InChI=1S/C20H11Cl2N3O5S/c21-13-2-1-3-14(18(13)22)23-20-24-19(27)17(31-20)9-11-5-7-16(30-11)12-8-10(25(28)29)4-6-15(12)26/h1-9,26H,(H,23,24,27)/b17-9-. The molecule has 0 unspecified atom stereocenters. The first-order chi connectivity index (χ1) is 14.8. The van der Waals surface area contributed by atoms with Crippen LogP contribution in [0.15, 0.2) is 62.8 Å². The Labute approximate surface area is 189 Å². The minimum Gasteiger partial charge on any atom is -0.507 e. The highest BCUT2D eigenvalue weighted by Gasteiger charge is 2.25. The van der Waals surface area contributed by atoms with Gasteiger partial charge in [0.15, 0.2) is 5.17 Å². The summed E-state index contributed by atoms with van der Waals surface area (Å²) in [6, 6.07) is 11.7.